The van der Waals surface area contributed by atoms with Gasteiger partial charge < -0.3 is 10.0 Å². The highest BCUT2D eigenvalue weighted by molar-refractivity contribution is 8.00. The maximum atomic E-state index is 11.3. The molecule has 0 saturated carbocycles. The number of anilines is 1. The number of nitrogens with zero attached hydrogens (tertiary/aromatic N) is 2. The summed E-state index contributed by atoms with van der Waals surface area (Å²) < 4.78 is 0.200. The lowest BCUT2D eigenvalue weighted by Gasteiger charge is -2.37. The van der Waals surface area contributed by atoms with Crippen LogP contribution in [-0.2, 0) is 0 Å². The zero-order valence-electron chi connectivity index (χ0n) is 11.8. The second-order valence-corrected chi connectivity index (χ2v) is 8.48. The van der Waals surface area contributed by atoms with E-state index in [9.17, 15) is 9.90 Å². The minimum Gasteiger partial charge on any atom is -0.477 e. The van der Waals surface area contributed by atoms with Gasteiger partial charge >= 0.3 is 5.97 Å². The van der Waals surface area contributed by atoms with Crippen molar-refractivity contribution in [2.75, 3.05) is 23.7 Å². The van der Waals surface area contributed by atoms with Gasteiger partial charge in [-0.15, -0.1) is 0 Å². The fourth-order valence-corrected chi connectivity index (χ4v) is 4.38. The largest absolute Gasteiger partial charge is 0.477 e. The minimum atomic E-state index is -0.863. The molecule has 0 spiro atoms. The van der Waals surface area contributed by atoms with Crippen molar-refractivity contribution in [1.29, 1.82) is 0 Å². The molecule has 0 unspecified atom stereocenters. The maximum absolute atomic E-state index is 11.3. The molecule has 1 aliphatic heterocycles. The Balaban J connectivity index is 2.30. The summed E-state index contributed by atoms with van der Waals surface area (Å²) in [6.07, 6.45) is 0. The van der Waals surface area contributed by atoms with Crippen molar-refractivity contribution >= 4 is 34.2 Å². The van der Waals surface area contributed by atoms with Gasteiger partial charge in [-0.2, -0.15) is 11.8 Å². The molecule has 0 radical (unpaired) electrons. The fourth-order valence-electron chi connectivity index (χ4n) is 2.18. The second-order valence-electron chi connectivity index (χ2n) is 5.70. The molecule has 2 rings (SSSR count). The second kappa shape index (κ2) is 5.32. The van der Waals surface area contributed by atoms with E-state index in [1.807, 2.05) is 25.6 Å². The molecule has 1 aromatic heterocycles. The van der Waals surface area contributed by atoms with E-state index in [1.54, 1.807) is 0 Å². The van der Waals surface area contributed by atoms with Crippen LogP contribution in [0.1, 0.15) is 49.0 Å². The Hall–Kier alpha value is -0.750. The Bertz CT molecular complexity index is 483. The van der Waals surface area contributed by atoms with Crippen molar-refractivity contribution < 1.29 is 9.90 Å². The molecule has 2 heterocycles. The molecule has 6 heteroatoms. The number of thioether (sulfide) groups is 1. The van der Waals surface area contributed by atoms with Crippen molar-refractivity contribution in [1.82, 2.24) is 4.98 Å². The van der Waals surface area contributed by atoms with Gasteiger partial charge in [0.2, 0.25) is 0 Å². The minimum absolute atomic E-state index is 0.142. The van der Waals surface area contributed by atoms with Crippen LogP contribution in [0.15, 0.2) is 0 Å². The predicted molar refractivity (Wildman–Crippen MR) is 81.9 cm³/mol. The van der Waals surface area contributed by atoms with E-state index in [1.165, 1.54) is 11.3 Å². The summed E-state index contributed by atoms with van der Waals surface area (Å²) in [5.41, 5.74) is 0.712. The predicted octanol–water partition coefficient (Wildman–Crippen LogP) is 3.30. The average Bonchev–Trinajstić information content (AvgIpc) is 2.72. The molecule has 0 atom stereocenters. The molecule has 1 aromatic rings. The third kappa shape index (κ3) is 3.23. The average molecular weight is 300 g/mol. The number of hydrogen-bond donors (Lipinski definition) is 1. The number of hydrogen-bond acceptors (Lipinski definition) is 5. The van der Waals surface area contributed by atoms with Crippen molar-refractivity contribution in [3.05, 3.63) is 10.6 Å². The molecule has 0 amide bonds. The highest BCUT2D eigenvalue weighted by Crippen LogP contribution is 2.36. The van der Waals surface area contributed by atoms with Crippen molar-refractivity contribution in [2.24, 2.45) is 0 Å². The number of rotatable bonds is 3. The Morgan fingerprint density at radius 1 is 1.47 bits per heavy atom. The molecule has 106 valence electrons. The molecule has 0 aliphatic carbocycles. The fraction of sp³-hybridized carbons (Fsp3) is 0.692. The lowest BCUT2D eigenvalue weighted by atomic mass is 10.1. The van der Waals surface area contributed by atoms with Gasteiger partial charge in [-0.1, -0.05) is 25.2 Å². The van der Waals surface area contributed by atoms with E-state index in [2.05, 4.69) is 23.7 Å². The van der Waals surface area contributed by atoms with E-state index in [4.69, 9.17) is 0 Å². The first-order valence-electron chi connectivity index (χ1n) is 6.43. The van der Waals surface area contributed by atoms with E-state index in [-0.39, 0.29) is 10.7 Å². The maximum Gasteiger partial charge on any atom is 0.347 e. The molecule has 1 aliphatic rings. The first-order valence-corrected chi connectivity index (χ1v) is 8.23. The Labute approximate surface area is 122 Å². The third-order valence-electron chi connectivity index (χ3n) is 3.08. The van der Waals surface area contributed by atoms with Crippen molar-refractivity contribution in [2.45, 2.75) is 38.4 Å². The lowest BCUT2D eigenvalue weighted by Crippen LogP contribution is -2.43. The molecule has 0 aromatic carbocycles. The van der Waals surface area contributed by atoms with Crippen LogP contribution in [0.3, 0.4) is 0 Å². The summed E-state index contributed by atoms with van der Waals surface area (Å²) in [5, 5.41) is 10.1. The number of carbonyl (C=O) groups is 1. The van der Waals surface area contributed by atoms with E-state index < -0.39 is 5.97 Å². The normalized spacial score (nSPS) is 18.9. The monoisotopic (exact) mass is 300 g/mol. The quantitative estimate of drug-likeness (QED) is 0.928. The third-order valence-corrected chi connectivity index (χ3v) is 5.50. The Morgan fingerprint density at radius 3 is 2.63 bits per heavy atom. The molecule has 1 N–H and O–H groups in total. The Kier molecular flexibility index (Phi) is 4.11. The summed E-state index contributed by atoms with van der Waals surface area (Å²) in [7, 11) is 0. The molecular formula is C13H20N2O2S2. The van der Waals surface area contributed by atoms with Crippen LogP contribution < -0.4 is 4.90 Å². The van der Waals surface area contributed by atoms with Gasteiger partial charge in [-0.05, 0) is 19.8 Å². The van der Waals surface area contributed by atoms with E-state index >= 15 is 0 Å². The summed E-state index contributed by atoms with van der Waals surface area (Å²) in [5.74, 6) is 0.341. The number of thiazole rings is 1. The van der Waals surface area contributed by atoms with Crippen LogP contribution in [-0.4, -0.2) is 39.6 Å². The SMILES string of the molecule is CC(C)c1nc(N2CCSC(C)(C)C2)sc1C(=O)O. The van der Waals surface area contributed by atoms with Crippen LogP contribution in [0.2, 0.25) is 0 Å². The van der Waals surface area contributed by atoms with Crippen molar-refractivity contribution in [3.63, 3.8) is 0 Å². The van der Waals surface area contributed by atoms with E-state index in [0.717, 1.165) is 24.0 Å². The van der Waals surface area contributed by atoms with Crippen molar-refractivity contribution in [3.8, 4) is 0 Å². The Morgan fingerprint density at radius 2 is 2.16 bits per heavy atom. The van der Waals surface area contributed by atoms with Crippen LogP contribution in [0.5, 0.6) is 0 Å². The smallest absolute Gasteiger partial charge is 0.347 e. The van der Waals surface area contributed by atoms with Crippen LogP contribution >= 0.6 is 23.1 Å². The number of aromatic carboxylic acids is 1. The van der Waals surface area contributed by atoms with E-state index in [0.29, 0.717) is 10.6 Å². The lowest BCUT2D eigenvalue weighted by molar-refractivity contribution is 0.0700. The standard InChI is InChI=1S/C13H20N2O2S2/c1-8(2)9-10(11(16)17)19-12(14-9)15-5-6-18-13(3,4)7-15/h8H,5-7H2,1-4H3,(H,16,17). The zero-order chi connectivity index (χ0) is 14.2. The van der Waals surface area contributed by atoms with Crippen LogP contribution in [0.4, 0.5) is 5.13 Å². The van der Waals surface area contributed by atoms with Gasteiger partial charge in [0.25, 0.3) is 0 Å². The first-order chi connectivity index (χ1) is 8.80. The molecule has 0 bridgehead atoms. The summed E-state index contributed by atoms with van der Waals surface area (Å²) in [6, 6.07) is 0. The summed E-state index contributed by atoms with van der Waals surface area (Å²) >= 11 is 3.27. The van der Waals surface area contributed by atoms with Gasteiger partial charge in [0, 0.05) is 23.6 Å². The topological polar surface area (TPSA) is 53.4 Å². The highest BCUT2D eigenvalue weighted by atomic mass is 32.2. The number of aromatic nitrogens is 1. The van der Waals surface area contributed by atoms with Gasteiger partial charge in [-0.25, -0.2) is 9.78 Å². The number of carboxylic acids is 1. The van der Waals surface area contributed by atoms with Gasteiger partial charge in [-0.3, -0.25) is 0 Å². The highest BCUT2D eigenvalue weighted by Gasteiger charge is 2.30. The van der Waals surface area contributed by atoms with Crippen LogP contribution in [0, 0.1) is 0 Å². The molecule has 1 saturated heterocycles. The van der Waals surface area contributed by atoms with Gasteiger partial charge in [0.05, 0.1) is 5.69 Å². The first kappa shape index (κ1) is 14.7. The summed E-state index contributed by atoms with van der Waals surface area (Å²) in [4.78, 5) is 18.5. The van der Waals surface area contributed by atoms with Gasteiger partial charge in [0.1, 0.15) is 4.88 Å². The zero-order valence-corrected chi connectivity index (χ0v) is 13.4. The summed E-state index contributed by atoms with van der Waals surface area (Å²) in [6.45, 7) is 10.3. The molecule has 4 nitrogen and oxygen atoms in total. The molecular weight excluding hydrogens is 280 g/mol. The van der Waals surface area contributed by atoms with Crippen LogP contribution in [0.25, 0.3) is 0 Å². The molecule has 1 fully saturated rings. The molecule has 19 heavy (non-hydrogen) atoms. The number of carboxylic acid groups (broad SMARTS) is 1. The van der Waals surface area contributed by atoms with Gasteiger partial charge in [0.15, 0.2) is 5.13 Å².